The van der Waals surface area contributed by atoms with Crippen LogP contribution in [-0.4, -0.2) is 16.8 Å². The maximum atomic E-state index is 13.8. The maximum Gasteiger partial charge on any atom is 0.128 e. The first-order valence-corrected chi connectivity index (χ1v) is 6.49. The third-order valence-corrected chi connectivity index (χ3v) is 3.37. The zero-order chi connectivity index (χ0) is 13.1. The van der Waals surface area contributed by atoms with Gasteiger partial charge in [0, 0.05) is 29.3 Å². The molecule has 96 valence electrons. The minimum Gasteiger partial charge on any atom is -0.313 e. The Kier molecular flexibility index (Phi) is 4.14. The lowest BCUT2D eigenvalue weighted by Gasteiger charge is -2.17. The lowest BCUT2D eigenvalue weighted by molar-refractivity contribution is 0.533. The summed E-state index contributed by atoms with van der Waals surface area (Å²) >= 11 is 3.37. The molecule has 2 aromatic rings. The molecule has 0 amide bonds. The summed E-state index contributed by atoms with van der Waals surface area (Å²) in [6, 6.07) is 4.93. The van der Waals surface area contributed by atoms with Crippen molar-refractivity contribution in [1.82, 2.24) is 15.1 Å². The van der Waals surface area contributed by atoms with Crippen LogP contribution in [0.4, 0.5) is 4.39 Å². The van der Waals surface area contributed by atoms with Gasteiger partial charge in [0.15, 0.2) is 0 Å². The van der Waals surface area contributed by atoms with Gasteiger partial charge in [-0.15, -0.1) is 0 Å². The van der Waals surface area contributed by atoms with Crippen LogP contribution in [0.15, 0.2) is 35.1 Å². The number of aromatic nitrogens is 2. The van der Waals surface area contributed by atoms with Crippen LogP contribution in [0.3, 0.4) is 0 Å². The third-order valence-electron chi connectivity index (χ3n) is 2.88. The first-order chi connectivity index (χ1) is 8.60. The highest BCUT2D eigenvalue weighted by molar-refractivity contribution is 9.10. The molecule has 1 aromatic heterocycles. The van der Waals surface area contributed by atoms with Crippen molar-refractivity contribution in [1.29, 1.82) is 0 Å². The molecule has 0 aliphatic heterocycles. The molecule has 0 aliphatic carbocycles. The molecule has 2 rings (SSSR count). The monoisotopic (exact) mass is 311 g/mol. The minimum absolute atomic E-state index is 0.0632. The van der Waals surface area contributed by atoms with Crippen molar-refractivity contribution in [3.05, 3.63) is 52.0 Å². The lowest BCUT2D eigenvalue weighted by atomic mass is 10.0. The number of nitrogens with zero attached hydrogens (tertiary/aromatic N) is 2. The molecule has 0 spiro atoms. The Bertz CT molecular complexity index is 539. The number of benzene rings is 1. The van der Waals surface area contributed by atoms with E-state index in [0.29, 0.717) is 12.0 Å². The predicted molar refractivity (Wildman–Crippen MR) is 72.8 cm³/mol. The van der Waals surface area contributed by atoms with Gasteiger partial charge < -0.3 is 5.32 Å². The van der Waals surface area contributed by atoms with Gasteiger partial charge in [-0.25, -0.2) is 4.39 Å². The van der Waals surface area contributed by atoms with E-state index in [2.05, 4.69) is 26.3 Å². The van der Waals surface area contributed by atoms with E-state index >= 15 is 0 Å². The molecule has 0 radical (unpaired) electrons. The smallest absolute Gasteiger partial charge is 0.128 e. The molecule has 0 saturated carbocycles. The average Bonchev–Trinajstić information content (AvgIpc) is 2.75. The number of hydrogen-bond donors (Lipinski definition) is 1. The fourth-order valence-corrected chi connectivity index (χ4v) is 2.34. The van der Waals surface area contributed by atoms with E-state index in [1.54, 1.807) is 16.9 Å². The van der Waals surface area contributed by atoms with Gasteiger partial charge in [-0.1, -0.05) is 15.9 Å². The van der Waals surface area contributed by atoms with Gasteiger partial charge in [-0.3, -0.25) is 4.68 Å². The van der Waals surface area contributed by atoms with Crippen molar-refractivity contribution < 1.29 is 4.39 Å². The summed E-state index contributed by atoms with van der Waals surface area (Å²) in [6.45, 7) is 0. The Labute approximate surface area is 114 Å². The second-order valence-corrected chi connectivity index (χ2v) is 5.15. The van der Waals surface area contributed by atoms with E-state index in [1.165, 1.54) is 6.07 Å². The highest BCUT2D eigenvalue weighted by Crippen LogP contribution is 2.24. The van der Waals surface area contributed by atoms with E-state index < -0.39 is 0 Å². The van der Waals surface area contributed by atoms with Gasteiger partial charge in [-0.05, 0) is 37.2 Å². The van der Waals surface area contributed by atoms with Crippen molar-refractivity contribution in [2.45, 2.75) is 12.5 Å². The maximum absolute atomic E-state index is 13.8. The van der Waals surface area contributed by atoms with E-state index in [4.69, 9.17) is 0 Å². The quantitative estimate of drug-likeness (QED) is 0.941. The second kappa shape index (κ2) is 5.63. The molecular formula is C13H15BrFN3. The molecule has 0 saturated heterocycles. The zero-order valence-corrected chi connectivity index (χ0v) is 11.9. The number of halogens is 2. The van der Waals surface area contributed by atoms with E-state index in [1.807, 2.05) is 26.4 Å². The molecule has 1 aromatic carbocycles. The van der Waals surface area contributed by atoms with Gasteiger partial charge in [0.25, 0.3) is 0 Å². The summed E-state index contributed by atoms with van der Waals surface area (Å²) in [5.41, 5.74) is 1.74. The fourth-order valence-electron chi connectivity index (χ4n) is 1.96. The number of hydrogen-bond acceptors (Lipinski definition) is 2. The molecule has 18 heavy (non-hydrogen) atoms. The molecule has 1 N–H and O–H groups in total. The normalized spacial score (nSPS) is 12.7. The summed E-state index contributed by atoms with van der Waals surface area (Å²) < 4.78 is 16.5. The molecule has 0 fully saturated rings. The van der Waals surface area contributed by atoms with Gasteiger partial charge in [0.1, 0.15) is 5.82 Å². The SMILES string of the molecule is CNC(Cc1cnn(C)c1)c1cc(Br)ccc1F. The Hall–Kier alpha value is -1.20. The van der Waals surface area contributed by atoms with Crippen LogP contribution < -0.4 is 5.32 Å². The molecule has 1 atom stereocenters. The van der Waals surface area contributed by atoms with Gasteiger partial charge in [0.2, 0.25) is 0 Å². The zero-order valence-electron chi connectivity index (χ0n) is 10.3. The first-order valence-electron chi connectivity index (χ1n) is 5.70. The summed E-state index contributed by atoms with van der Waals surface area (Å²) in [7, 11) is 3.71. The van der Waals surface area contributed by atoms with Crippen molar-refractivity contribution in [2.75, 3.05) is 7.05 Å². The minimum atomic E-state index is -0.193. The van der Waals surface area contributed by atoms with Crippen LogP contribution in [0.25, 0.3) is 0 Å². The Morgan fingerprint density at radius 1 is 1.50 bits per heavy atom. The Balaban J connectivity index is 2.25. The van der Waals surface area contributed by atoms with E-state index in [9.17, 15) is 4.39 Å². The molecule has 5 heteroatoms. The van der Waals surface area contributed by atoms with Crippen LogP contribution in [0.5, 0.6) is 0 Å². The van der Waals surface area contributed by atoms with Crippen molar-refractivity contribution >= 4 is 15.9 Å². The number of nitrogens with one attached hydrogen (secondary N) is 1. The van der Waals surface area contributed by atoms with Crippen molar-refractivity contribution in [2.24, 2.45) is 7.05 Å². The predicted octanol–water partition coefficient (Wildman–Crippen LogP) is 2.82. The van der Waals surface area contributed by atoms with Crippen molar-refractivity contribution in [3.63, 3.8) is 0 Å². The number of likely N-dealkylation sites (N-methyl/N-ethyl adjacent to an activating group) is 1. The molecular weight excluding hydrogens is 297 g/mol. The van der Waals surface area contributed by atoms with Gasteiger partial charge in [0.05, 0.1) is 6.20 Å². The van der Waals surface area contributed by atoms with Gasteiger partial charge >= 0.3 is 0 Å². The first kappa shape index (κ1) is 13.2. The van der Waals surface area contributed by atoms with E-state index in [-0.39, 0.29) is 11.9 Å². The molecule has 0 bridgehead atoms. The highest BCUT2D eigenvalue weighted by atomic mass is 79.9. The van der Waals surface area contributed by atoms with Crippen LogP contribution in [0.2, 0.25) is 0 Å². The third kappa shape index (κ3) is 2.97. The van der Waals surface area contributed by atoms with Crippen LogP contribution >= 0.6 is 15.9 Å². The van der Waals surface area contributed by atoms with Crippen LogP contribution in [0.1, 0.15) is 17.2 Å². The summed E-state index contributed by atoms with van der Waals surface area (Å²) in [5.74, 6) is -0.193. The molecule has 3 nitrogen and oxygen atoms in total. The standard InChI is InChI=1S/C13H15BrFN3/c1-16-13(5-9-7-17-18(2)8-9)11-6-10(14)3-4-12(11)15/h3-4,6-8,13,16H,5H2,1-2H3. The Morgan fingerprint density at radius 3 is 2.89 bits per heavy atom. The molecule has 1 heterocycles. The fraction of sp³-hybridized carbons (Fsp3) is 0.308. The molecule has 1 unspecified atom stereocenters. The second-order valence-electron chi connectivity index (χ2n) is 4.23. The Morgan fingerprint density at radius 2 is 2.28 bits per heavy atom. The van der Waals surface area contributed by atoms with Crippen molar-refractivity contribution in [3.8, 4) is 0 Å². The lowest BCUT2D eigenvalue weighted by Crippen LogP contribution is -2.20. The summed E-state index contributed by atoms with van der Waals surface area (Å²) in [4.78, 5) is 0. The van der Waals surface area contributed by atoms with Crippen LogP contribution in [-0.2, 0) is 13.5 Å². The highest BCUT2D eigenvalue weighted by Gasteiger charge is 2.15. The summed E-state index contributed by atoms with van der Waals surface area (Å²) in [6.07, 6.45) is 4.46. The topological polar surface area (TPSA) is 29.9 Å². The number of aryl methyl sites for hydroxylation is 1. The summed E-state index contributed by atoms with van der Waals surface area (Å²) in [5, 5.41) is 7.27. The number of rotatable bonds is 4. The van der Waals surface area contributed by atoms with E-state index in [0.717, 1.165) is 10.0 Å². The molecule has 0 aliphatic rings. The van der Waals surface area contributed by atoms with Crippen LogP contribution in [0, 0.1) is 5.82 Å². The average molecular weight is 312 g/mol. The van der Waals surface area contributed by atoms with Gasteiger partial charge in [-0.2, -0.15) is 5.10 Å². The largest absolute Gasteiger partial charge is 0.313 e.